The number of nitrogens with one attached hydrogen (secondary N) is 1. The molecule has 1 saturated heterocycles. The standard InChI is InChI=1S/C20H21ClFN3O4/c21-18-10-16(25(27)28)6-7-19(18)23-20(26)13-24(12-17-5-2-8-29-17)11-14-3-1-4-15(22)9-14/h1,3-4,6-7,9-10,17H,2,5,8,11-13H2,(H,23,26). The van der Waals surface area contributed by atoms with Gasteiger partial charge in [-0.05, 0) is 36.6 Å². The van der Waals surface area contributed by atoms with Crippen molar-refractivity contribution >= 4 is 28.9 Å². The molecule has 1 amide bonds. The molecule has 0 saturated carbocycles. The predicted molar refractivity (Wildman–Crippen MR) is 107 cm³/mol. The van der Waals surface area contributed by atoms with Crippen LogP contribution >= 0.6 is 11.6 Å². The van der Waals surface area contributed by atoms with Crippen LogP contribution in [0, 0.1) is 15.9 Å². The molecular formula is C20H21ClFN3O4. The molecule has 2 aromatic carbocycles. The van der Waals surface area contributed by atoms with Crippen LogP contribution in [-0.2, 0) is 16.1 Å². The number of carbonyl (C=O) groups excluding carboxylic acids is 1. The van der Waals surface area contributed by atoms with E-state index < -0.39 is 4.92 Å². The van der Waals surface area contributed by atoms with Gasteiger partial charge in [0.15, 0.2) is 0 Å². The number of hydrogen-bond donors (Lipinski definition) is 1. The number of ether oxygens (including phenoxy) is 1. The predicted octanol–water partition coefficient (Wildman–Crippen LogP) is 4.01. The molecule has 154 valence electrons. The number of amides is 1. The normalized spacial score (nSPS) is 16.2. The maximum atomic E-state index is 13.5. The lowest BCUT2D eigenvalue weighted by atomic mass is 10.1. The fourth-order valence-electron chi connectivity index (χ4n) is 3.27. The van der Waals surface area contributed by atoms with Crippen LogP contribution in [-0.4, -0.2) is 41.5 Å². The van der Waals surface area contributed by atoms with E-state index in [1.807, 2.05) is 4.90 Å². The first kappa shape index (κ1) is 21.2. The van der Waals surface area contributed by atoms with E-state index in [1.54, 1.807) is 12.1 Å². The zero-order valence-corrected chi connectivity index (χ0v) is 16.4. The Bertz CT molecular complexity index is 890. The average Bonchev–Trinajstić information content (AvgIpc) is 3.16. The van der Waals surface area contributed by atoms with Crippen molar-refractivity contribution in [2.75, 3.05) is 25.0 Å². The third kappa shape index (κ3) is 6.22. The van der Waals surface area contributed by atoms with Crippen molar-refractivity contribution in [3.63, 3.8) is 0 Å². The molecular weight excluding hydrogens is 401 g/mol. The SMILES string of the molecule is O=C(CN(Cc1cccc(F)c1)CC1CCCO1)Nc1ccc([N+](=O)[O-])cc1Cl. The second kappa shape index (κ2) is 9.78. The number of nitro benzene ring substituents is 1. The molecule has 0 aliphatic carbocycles. The molecule has 0 aromatic heterocycles. The number of benzene rings is 2. The Morgan fingerprint density at radius 2 is 2.17 bits per heavy atom. The van der Waals surface area contributed by atoms with Crippen molar-refractivity contribution in [3.05, 3.63) is 69.0 Å². The molecule has 1 aliphatic rings. The number of carbonyl (C=O) groups is 1. The summed E-state index contributed by atoms with van der Waals surface area (Å²) in [5.41, 5.74) is 0.897. The van der Waals surface area contributed by atoms with E-state index in [2.05, 4.69) is 5.32 Å². The zero-order chi connectivity index (χ0) is 20.8. The van der Waals surface area contributed by atoms with Crippen LogP contribution in [0.1, 0.15) is 18.4 Å². The highest BCUT2D eigenvalue weighted by molar-refractivity contribution is 6.34. The Balaban J connectivity index is 1.67. The van der Waals surface area contributed by atoms with E-state index in [1.165, 1.54) is 30.3 Å². The molecule has 2 aromatic rings. The summed E-state index contributed by atoms with van der Waals surface area (Å²) in [6.45, 7) is 1.67. The lowest BCUT2D eigenvalue weighted by Crippen LogP contribution is -2.38. The minimum atomic E-state index is -0.556. The monoisotopic (exact) mass is 421 g/mol. The topological polar surface area (TPSA) is 84.7 Å². The first-order chi connectivity index (χ1) is 13.9. The molecule has 9 heteroatoms. The maximum absolute atomic E-state index is 13.5. The van der Waals surface area contributed by atoms with Gasteiger partial charge in [-0.25, -0.2) is 4.39 Å². The van der Waals surface area contributed by atoms with Gasteiger partial charge in [-0.3, -0.25) is 19.8 Å². The van der Waals surface area contributed by atoms with E-state index in [-0.39, 0.29) is 35.1 Å². The van der Waals surface area contributed by atoms with Crippen LogP contribution in [0.4, 0.5) is 15.8 Å². The van der Waals surface area contributed by atoms with Gasteiger partial charge in [0, 0.05) is 31.8 Å². The number of rotatable bonds is 8. The minimum Gasteiger partial charge on any atom is -0.377 e. The largest absolute Gasteiger partial charge is 0.377 e. The van der Waals surface area contributed by atoms with Gasteiger partial charge in [0.05, 0.1) is 28.3 Å². The Hall–Kier alpha value is -2.55. The van der Waals surface area contributed by atoms with E-state index in [9.17, 15) is 19.3 Å². The quantitative estimate of drug-likeness (QED) is 0.514. The third-order valence-corrected chi connectivity index (χ3v) is 4.90. The number of non-ortho nitro benzene ring substituents is 1. The summed E-state index contributed by atoms with van der Waals surface area (Å²) in [4.78, 5) is 24.7. The third-order valence-electron chi connectivity index (χ3n) is 4.59. The molecule has 0 spiro atoms. The van der Waals surface area contributed by atoms with Crippen LogP contribution in [0.3, 0.4) is 0 Å². The number of nitrogens with zero attached hydrogens (tertiary/aromatic N) is 2. The Labute approximate surface area is 172 Å². The molecule has 1 N–H and O–H groups in total. The minimum absolute atomic E-state index is 0.0272. The summed E-state index contributed by atoms with van der Waals surface area (Å²) in [7, 11) is 0. The fourth-order valence-corrected chi connectivity index (χ4v) is 3.49. The first-order valence-corrected chi connectivity index (χ1v) is 9.60. The van der Waals surface area contributed by atoms with Gasteiger partial charge < -0.3 is 10.1 Å². The molecule has 1 heterocycles. The van der Waals surface area contributed by atoms with Crippen LogP contribution in [0.5, 0.6) is 0 Å². The molecule has 1 atom stereocenters. The van der Waals surface area contributed by atoms with Gasteiger partial charge in [0.2, 0.25) is 5.91 Å². The number of nitro groups is 1. The average molecular weight is 422 g/mol. The van der Waals surface area contributed by atoms with Crippen LogP contribution < -0.4 is 5.32 Å². The summed E-state index contributed by atoms with van der Waals surface area (Å²) in [6, 6.07) is 10.1. The molecule has 7 nitrogen and oxygen atoms in total. The summed E-state index contributed by atoms with van der Waals surface area (Å²) >= 11 is 6.04. The number of hydrogen-bond acceptors (Lipinski definition) is 5. The Kier molecular flexibility index (Phi) is 7.13. The van der Waals surface area contributed by atoms with Crippen molar-refractivity contribution in [1.29, 1.82) is 0 Å². The van der Waals surface area contributed by atoms with E-state index in [0.717, 1.165) is 18.4 Å². The lowest BCUT2D eigenvalue weighted by Gasteiger charge is -2.25. The highest BCUT2D eigenvalue weighted by Gasteiger charge is 2.22. The maximum Gasteiger partial charge on any atom is 0.271 e. The van der Waals surface area contributed by atoms with Crippen molar-refractivity contribution in [1.82, 2.24) is 4.90 Å². The van der Waals surface area contributed by atoms with Crippen molar-refractivity contribution < 1.29 is 18.8 Å². The van der Waals surface area contributed by atoms with E-state index >= 15 is 0 Å². The lowest BCUT2D eigenvalue weighted by molar-refractivity contribution is -0.384. The molecule has 1 unspecified atom stereocenters. The summed E-state index contributed by atoms with van der Waals surface area (Å²) in [5, 5.41) is 13.6. The second-order valence-corrected chi connectivity index (χ2v) is 7.31. The highest BCUT2D eigenvalue weighted by Crippen LogP contribution is 2.26. The van der Waals surface area contributed by atoms with Crippen LogP contribution in [0.2, 0.25) is 5.02 Å². The first-order valence-electron chi connectivity index (χ1n) is 9.23. The fraction of sp³-hybridized carbons (Fsp3) is 0.350. The Morgan fingerprint density at radius 1 is 1.34 bits per heavy atom. The van der Waals surface area contributed by atoms with Gasteiger partial charge in [-0.15, -0.1) is 0 Å². The molecule has 29 heavy (non-hydrogen) atoms. The van der Waals surface area contributed by atoms with Gasteiger partial charge in [0.25, 0.3) is 5.69 Å². The zero-order valence-electron chi connectivity index (χ0n) is 15.6. The van der Waals surface area contributed by atoms with Crippen molar-refractivity contribution in [2.24, 2.45) is 0 Å². The van der Waals surface area contributed by atoms with Gasteiger partial charge in [-0.1, -0.05) is 23.7 Å². The van der Waals surface area contributed by atoms with Crippen molar-refractivity contribution in [2.45, 2.75) is 25.5 Å². The van der Waals surface area contributed by atoms with E-state index in [4.69, 9.17) is 16.3 Å². The van der Waals surface area contributed by atoms with Crippen LogP contribution in [0.25, 0.3) is 0 Å². The van der Waals surface area contributed by atoms with Gasteiger partial charge >= 0.3 is 0 Å². The molecule has 0 radical (unpaired) electrons. The second-order valence-electron chi connectivity index (χ2n) is 6.90. The Morgan fingerprint density at radius 3 is 2.83 bits per heavy atom. The number of anilines is 1. The van der Waals surface area contributed by atoms with Gasteiger partial charge in [-0.2, -0.15) is 0 Å². The van der Waals surface area contributed by atoms with Gasteiger partial charge in [0.1, 0.15) is 5.82 Å². The summed E-state index contributed by atoms with van der Waals surface area (Å²) < 4.78 is 19.2. The molecule has 1 aliphatic heterocycles. The van der Waals surface area contributed by atoms with Crippen LogP contribution in [0.15, 0.2) is 42.5 Å². The summed E-state index contributed by atoms with van der Waals surface area (Å²) in [6.07, 6.45) is 1.91. The molecule has 1 fully saturated rings. The van der Waals surface area contributed by atoms with E-state index in [0.29, 0.717) is 25.4 Å². The molecule has 3 rings (SSSR count). The number of halogens is 2. The van der Waals surface area contributed by atoms with Crippen molar-refractivity contribution in [3.8, 4) is 0 Å². The highest BCUT2D eigenvalue weighted by atomic mass is 35.5. The molecule has 0 bridgehead atoms. The smallest absolute Gasteiger partial charge is 0.271 e. The summed E-state index contributed by atoms with van der Waals surface area (Å²) in [5.74, 6) is -0.656.